The molecular formula is C14H21FN2. The van der Waals surface area contributed by atoms with E-state index in [0.29, 0.717) is 18.5 Å². The van der Waals surface area contributed by atoms with Crippen LogP contribution < -0.4 is 11.1 Å². The van der Waals surface area contributed by atoms with Gasteiger partial charge in [-0.1, -0.05) is 18.6 Å². The predicted octanol–water partition coefficient (Wildman–Crippen LogP) is 2.09. The molecule has 1 heterocycles. The van der Waals surface area contributed by atoms with E-state index in [9.17, 15) is 4.39 Å². The fourth-order valence-corrected chi connectivity index (χ4v) is 2.59. The Morgan fingerprint density at radius 2 is 2.06 bits per heavy atom. The monoisotopic (exact) mass is 236 g/mol. The molecule has 0 aliphatic carbocycles. The molecule has 0 bridgehead atoms. The molecule has 1 aliphatic rings. The average molecular weight is 236 g/mol. The lowest BCUT2D eigenvalue weighted by molar-refractivity contribution is 0.297. The minimum Gasteiger partial charge on any atom is -0.330 e. The van der Waals surface area contributed by atoms with Crippen molar-refractivity contribution in [1.82, 2.24) is 5.32 Å². The largest absolute Gasteiger partial charge is 0.330 e. The van der Waals surface area contributed by atoms with E-state index in [0.717, 1.165) is 13.0 Å². The molecule has 1 saturated heterocycles. The summed E-state index contributed by atoms with van der Waals surface area (Å²) < 4.78 is 12.8. The third-order valence-corrected chi connectivity index (χ3v) is 3.63. The van der Waals surface area contributed by atoms with E-state index in [-0.39, 0.29) is 5.82 Å². The highest BCUT2D eigenvalue weighted by Crippen LogP contribution is 2.19. The number of nitrogens with one attached hydrogen (secondary N) is 1. The maximum Gasteiger partial charge on any atom is 0.123 e. The fourth-order valence-electron chi connectivity index (χ4n) is 2.59. The second kappa shape index (κ2) is 6.12. The molecule has 2 rings (SSSR count). The van der Waals surface area contributed by atoms with Gasteiger partial charge in [-0.3, -0.25) is 0 Å². The first kappa shape index (κ1) is 12.5. The summed E-state index contributed by atoms with van der Waals surface area (Å²) >= 11 is 0. The zero-order valence-electron chi connectivity index (χ0n) is 10.2. The maximum atomic E-state index is 12.8. The van der Waals surface area contributed by atoms with Gasteiger partial charge < -0.3 is 11.1 Å². The van der Waals surface area contributed by atoms with Crippen LogP contribution in [0.1, 0.15) is 24.8 Å². The molecular weight excluding hydrogens is 215 g/mol. The lowest BCUT2D eigenvalue weighted by Gasteiger charge is -2.30. The summed E-state index contributed by atoms with van der Waals surface area (Å²) in [7, 11) is 0. The number of hydrogen-bond donors (Lipinski definition) is 2. The average Bonchev–Trinajstić information content (AvgIpc) is 2.39. The molecule has 17 heavy (non-hydrogen) atoms. The molecule has 3 N–H and O–H groups in total. The van der Waals surface area contributed by atoms with Crippen LogP contribution in [0.3, 0.4) is 0 Å². The zero-order valence-corrected chi connectivity index (χ0v) is 10.2. The van der Waals surface area contributed by atoms with Gasteiger partial charge in [-0.25, -0.2) is 4.39 Å². The van der Waals surface area contributed by atoms with Crippen LogP contribution >= 0.6 is 0 Å². The molecule has 0 saturated carbocycles. The number of benzene rings is 1. The number of piperidine rings is 1. The molecule has 1 fully saturated rings. The Morgan fingerprint density at radius 3 is 2.65 bits per heavy atom. The van der Waals surface area contributed by atoms with Crippen LogP contribution in [-0.2, 0) is 6.42 Å². The highest BCUT2D eigenvalue weighted by Gasteiger charge is 2.22. The smallest absolute Gasteiger partial charge is 0.123 e. The summed E-state index contributed by atoms with van der Waals surface area (Å²) in [5, 5.41) is 3.55. The van der Waals surface area contributed by atoms with Crippen molar-refractivity contribution in [2.75, 3.05) is 13.1 Å². The summed E-state index contributed by atoms with van der Waals surface area (Å²) in [5.41, 5.74) is 7.04. The quantitative estimate of drug-likeness (QED) is 0.840. The molecule has 3 heteroatoms. The van der Waals surface area contributed by atoms with Crippen LogP contribution in [0.4, 0.5) is 4.39 Å². The van der Waals surface area contributed by atoms with E-state index in [1.54, 1.807) is 0 Å². The molecule has 0 spiro atoms. The first-order valence-electron chi connectivity index (χ1n) is 6.47. The minimum absolute atomic E-state index is 0.172. The van der Waals surface area contributed by atoms with E-state index < -0.39 is 0 Å². The molecule has 0 radical (unpaired) electrons. The molecule has 1 aliphatic heterocycles. The van der Waals surface area contributed by atoms with Gasteiger partial charge in [-0.2, -0.15) is 0 Å². The van der Waals surface area contributed by atoms with Gasteiger partial charge in [0.05, 0.1) is 0 Å². The van der Waals surface area contributed by atoms with Crippen molar-refractivity contribution in [3.63, 3.8) is 0 Å². The highest BCUT2D eigenvalue weighted by atomic mass is 19.1. The second-order valence-corrected chi connectivity index (χ2v) is 4.88. The number of hydrogen-bond acceptors (Lipinski definition) is 2. The van der Waals surface area contributed by atoms with Gasteiger partial charge in [0.2, 0.25) is 0 Å². The van der Waals surface area contributed by atoms with Crippen LogP contribution in [-0.4, -0.2) is 19.1 Å². The standard InChI is InChI=1S/C14H21FN2/c15-13-6-4-11(5-7-13)9-12(10-16)14-3-1-2-8-17-14/h4-7,12,14,17H,1-3,8-10,16H2/t12-,14+/m1/s1. The molecule has 0 amide bonds. The first-order valence-corrected chi connectivity index (χ1v) is 6.47. The molecule has 1 aromatic rings. The van der Waals surface area contributed by atoms with Crippen molar-refractivity contribution in [2.24, 2.45) is 11.7 Å². The Labute approximate surface area is 102 Å². The van der Waals surface area contributed by atoms with Crippen LogP contribution in [0.5, 0.6) is 0 Å². The zero-order chi connectivity index (χ0) is 12.1. The van der Waals surface area contributed by atoms with Gasteiger partial charge in [0, 0.05) is 6.04 Å². The Morgan fingerprint density at radius 1 is 1.29 bits per heavy atom. The first-order chi connectivity index (χ1) is 8.29. The van der Waals surface area contributed by atoms with E-state index in [4.69, 9.17) is 5.73 Å². The van der Waals surface area contributed by atoms with Crippen LogP contribution in [0, 0.1) is 11.7 Å². The van der Waals surface area contributed by atoms with Crippen molar-refractivity contribution >= 4 is 0 Å². The van der Waals surface area contributed by atoms with E-state index in [2.05, 4.69) is 5.32 Å². The van der Waals surface area contributed by atoms with Crippen LogP contribution in [0.25, 0.3) is 0 Å². The Bertz CT molecular complexity index is 331. The van der Waals surface area contributed by atoms with Crippen molar-refractivity contribution in [1.29, 1.82) is 0 Å². The lowest BCUT2D eigenvalue weighted by Crippen LogP contribution is -2.43. The summed E-state index contributed by atoms with van der Waals surface area (Å²) in [5.74, 6) is 0.287. The van der Waals surface area contributed by atoms with Gasteiger partial charge in [0.15, 0.2) is 0 Å². The molecule has 0 unspecified atom stereocenters. The fraction of sp³-hybridized carbons (Fsp3) is 0.571. The van der Waals surface area contributed by atoms with E-state index in [1.807, 2.05) is 12.1 Å². The van der Waals surface area contributed by atoms with Crippen molar-refractivity contribution in [2.45, 2.75) is 31.7 Å². The molecule has 0 aromatic heterocycles. The predicted molar refractivity (Wildman–Crippen MR) is 68.3 cm³/mol. The summed E-state index contributed by atoms with van der Waals surface area (Å²) in [6.45, 7) is 1.79. The summed E-state index contributed by atoms with van der Waals surface area (Å²) in [6.07, 6.45) is 4.71. The Kier molecular flexibility index (Phi) is 4.51. The van der Waals surface area contributed by atoms with Crippen molar-refractivity contribution in [3.8, 4) is 0 Å². The summed E-state index contributed by atoms with van der Waals surface area (Å²) in [6, 6.07) is 7.30. The topological polar surface area (TPSA) is 38.0 Å². The number of nitrogens with two attached hydrogens (primary N) is 1. The van der Waals surface area contributed by atoms with Gasteiger partial charge >= 0.3 is 0 Å². The number of halogens is 1. The third-order valence-electron chi connectivity index (χ3n) is 3.63. The van der Waals surface area contributed by atoms with Crippen molar-refractivity contribution < 1.29 is 4.39 Å². The van der Waals surface area contributed by atoms with E-state index >= 15 is 0 Å². The van der Waals surface area contributed by atoms with Crippen LogP contribution in [0.2, 0.25) is 0 Å². The maximum absolute atomic E-state index is 12.8. The van der Waals surface area contributed by atoms with Crippen LogP contribution in [0.15, 0.2) is 24.3 Å². The summed E-state index contributed by atoms with van der Waals surface area (Å²) in [4.78, 5) is 0. The molecule has 94 valence electrons. The van der Waals surface area contributed by atoms with Gasteiger partial charge in [-0.05, 0) is 56.0 Å². The second-order valence-electron chi connectivity index (χ2n) is 4.88. The molecule has 2 nitrogen and oxygen atoms in total. The highest BCUT2D eigenvalue weighted by molar-refractivity contribution is 5.17. The SMILES string of the molecule is NC[C@@H](Cc1ccc(F)cc1)[C@@H]1CCCCN1. The van der Waals surface area contributed by atoms with Gasteiger partial charge in [0.25, 0.3) is 0 Å². The Balaban J connectivity index is 1.96. The van der Waals surface area contributed by atoms with Gasteiger partial charge in [-0.15, -0.1) is 0 Å². The molecule has 1 aromatic carbocycles. The van der Waals surface area contributed by atoms with Crippen molar-refractivity contribution in [3.05, 3.63) is 35.6 Å². The third kappa shape index (κ3) is 3.51. The Hall–Kier alpha value is -0.930. The van der Waals surface area contributed by atoms with Gasteiger partial charge in [0.1, 0.15) is 5.82 Å². The lowest BCUT2D eigenvalue weighted by atomic mass is 9.87. The number of rotatable bonds is 4. The molecule has 2 atom stereocenters. The van der Waals surface area contributed by atoms with E-state index in [1.165, 1.54) is 37.0 Å². The minimum atomic E-state index is -0.172. The normalized spacial score (nSPS) is 22.4.